The largest absolute Gasteiger partial charge is 0.467 e. The SMILES string of the molecule is O=C(CCN(CCc1ccccc1)c1nc(C2CC2)nc2cc(Cl)ccc12)NCc1ccco1. The summed E-state index contributed by atoms with van der Waals surface area (Å²) in [6.45, 7) is 1.68. The van der Waals surface area contributed by atoms with Gasteiger partial charge < -0.3 is 14.6 Å². The lowest BCUT2D eigenvalue weighted by atomic mass is 10.1. The van der Waals surface area contributed by atoms with E-state index in [0.29, 0.717) is 30.5 Å². The standard InChI is InChI=1S/C27H27ClN4O2/c28-21-10-11-23-24(17-21)30-26(20-8-9-20)31-27(23)32(14-12-19-5-2-1-3-6-19)15-13-25(33)29-18-22-7-4-16-34-22/h1-7,10-11,16-17,20H,8-9,12-15,18H2,(H,29,33). The van der Waals surface area contributed by atoms with Crippen LogP contribution in [0.2, 0.25) is 5.02 Å². The molecule has 6 nitrogen and oxygen atoms in total. The Balaban J connectivity index is 1.39. The number of nitrogens with one attached hydrogen (secondary N) is 1. The van der Waals surface area contributed by atoms with Crippen molar-refractivity contribution in [3.63, 3.8) is 0 Å². The van der Waals surface area contributed by atoms with Crippen LogP contribution in [-0.4, -0.2) is 29.0 Å². The van der Waals surface area contributed by atoms with E-state index in [-0.39, 0.29) is 5.91 Å². The highest BCUT2D eigenvalue weighted by atomic mass is 35.5. The van der Waals surface area contributed by atoms with Crippen LogP contribution in [0.3, 0.4) is 0 Å². The molecule has 174 valence electrons. The molecule has 0 radical (unpaired) electrons. The van der Waals surface area contributed by atoms with Crippen LogP contribution >= 0.6 is 11.6 Å². The zero-order chi connectivity index (χ0) is 23.3. The van der Waals surface area contributed by atoms with E-state index < -0.39 is 0 Å². The van der Waals surface area contributed by atoms with E-state index in [1.807, 2.05) is 36.4 Å². The molecule has 1 amide bonds. The normalized spacial score (nSPS) is 13.2. The number of hydrogen-bond donors (Lipinski definition) is 1. The maximum Gasteiger partial charge on any atom is 0.222 e. The van der Waals surface area contributed by atoms with E-state index in [0.717, 1.165) is 54.1 Å². The first kappa shape index (κ1) is 22.4. The molecule has 0 bridgehead atoms. The smallest absolute Gasteiger partial charge is 0.222 e. The molecule has 2 heterocycles. The maximum atomic E-state index is 12.6. The lowest BCUT2D eigenvalue weighted by molar-refractivity contribution is -0.121. The molecular formula is C27H27ClN4O2. The first-order valence-corrected chi connectivity index (χ1v) is 12.1. The molecule has 5 rings (SSSR count). The molecule has 2 aromatic carbocycles. The molecule has 0 saturated heterocycles. The minimum Gasteiger partial charge on any atom is -0.467 e. The zero-order valence-electron chi connectivity index (χ0n) is 18.9. The fourth-order valence-corrected chi connectivity index (χ4v) is 4.19. The van der Waals surface area contributed by atoms with Gasteiger partial charge in [-0.05, 0) is 55.2 Å². The van der Waals surface area contributed by atoms with Gasteiger partial charge in [-0.1, -0.05) is 41.9 Å². The Morgan fingerprint density at radius 3 is 2.68 bits per heavy atom. The van der Waals surface area contributed by atoms with E-state index >= 15 is 0 Å². The summed E-state index contributed by atoms with van der Waals surface area (Å²) < 4.78 is 5.31. The number of amides is 1. The van der Waals surface area contributed by atoms with Crippen molar-refractivity contribution in [2.45, 2.75) is 38.1 Å². The summed E-state index contributed by atoms with van der Waals surface area (Å²) in [7, 11) is 0. The average molecular weight is 475 g/mol. The molecular weight excluding hydrogens is 448 g/mol. The van der Waals surface area contributed by atoms with Crippen LogP contribution < -0.4 is 10.2 Å². The van der Waals surface area contributed by atoms with Crippen LogP contribution in [0.1, 0.15) is 42.3 Å². The Hall–Kier alpha value is -3.38. The molecule has 0 atom stereocenters. The fraction of sp³-hybridized carbons (Fsp3) is 0.296. The third kappa shape index (κ3) is 5.57. The highest BCUT2D eigenvalue weighted by Gasteiger charge is 2.28. The quantitative estimate of drug-likeness (QED) is 0.328. The van der Waals surface area contributed by atoms with Crippen molar-refractivity contribution in [2.24, 2.45) is 0 Å². The van der Waals surface area contributed by atoms with E-state index in [1.54, 1.807) is 6.26 Å². The van der Waals surface area contributed by atoms with Crippen molar-refractivity contribution in [3.8, 4) is 0 Å². The number of rotatable bonds is 10. The number of aromatic nitrogens is 2. The monoisotopic (exact) mass is 474 g/mol. The Bertz CT molecular complexity index is 1260. The van der Waals surface area contributed by atoms with Gasteiger partial charge in [-0.3, -0.25) is 4.79 Å². The molecule has 0 aliphatic heterocycles. The average Bonchev–Trinajstić information content (AvgIpc) is 3.58. The highest BCUT2D eigenvalue weighted by Crippen LogP contribution is 2.40. The van der Waals surface area contributed by atoms with Crippen LogP contribution in [0.15, 0.2) is 71.3 Å². The van der Waals surface area contributed by atoms with Crippen LogP contribution in [0.5, 0.6) is 0 Å². The van der Waals surface area contributed by atoms with Gasteiger partial charge in [-0.15, -0.1) is 0 Å². The molecule has 1 aliphatic carbocycles. The Morgan fingerprint density at radius 1 is 1.06 bits per heavy atom. The number of nitrogens with zero attached hydrogens (tertiary/aromatic N) is 3. The number of benzene rings is 2. The predicted octanol–water partition coefficient (Wildman–Crippen LogP) is 5.51. The number of carbonyl (C=O) groups is 1. The molecule has 0 spiro atoms. The molecule has 1 N–H and O–H groups in total. The Kier molecular flexibility index (Phi) is 6.77. The summed E-state index contributed by atoms with van der Waals surface area (Å²) in [5, 5.41) is 4.56. The number of hydrogen-bond acceptors (Lipinski definition) is 5. The third-order valence-corrected chi connectivity index (χ3v) is 6.30. The minimum absolute atomic E-state index is 0.0232. The van der Waals surface area contributed by atoms with E-state index in [1.165, 1.54) is 5.56 Å². The van der Waals surface area contributed by atoms with Crippen molar-refractivity contribution in [2.75, 3.05) is 18.0 Å². The Labute approximate surface area is 204 Å². The van der Waals surface area contributed by atoms with E-state index in [4.69, 9.17) is 26.0 Å². The third-order valence-electron chi connectivity index (χ3n) is 6.06. The number of carbonyl (C=O) groups excluding carboxylic acids is 1. The summed E-state index contributed by atoms with van der Waals surface area (Å²) >= 11 is 6.28. The predicted molar refractivity (Wildman–Crippen MR) is 134 cm³/mol. The lowest BCUT2D eigenvalue weighted by Gasteiger charge is -2.25. The lowest BCUT2D eigenvalue weighted by Crippen LogP contribution is -2.33. The van der Waals surface area contributed by atoms with Crippen molar-refractivity contribution in [3.05, 3.63) is 89.1 Å². The summed E-state index contributed by atoms with van der Waals surface area (Å²) in [5.74, 6) is 2.87. The minimum atomic E-state index is -0.0232. The molecule has 1 saturated carbocycles. The summed E-state index contributed by atoms with van der Waals surface area (Å²) in [5.41, 5.74) is 2.10. The topological polar surface area (TPSA) is 71.3 Å². The van der Waals surface area contributed by atoms with Gasteiger partial charge in [0.2, 0.25) is 5.91 Å². The van der Waals surface area contributed by atoms with Gasteiger partial charge in [-0.25, -0.2) is 9.97 Å². The van der Waals surface area contributed by atoms with Gasteiger partial charge in [0.25, 0.3) is 0 Å². The molecule has 1 fully saturated rings. The van der Waals surface area contributed by atoms with Gasteiger partial charge in [0.05, 0.1) is 18.3 Å². The Morgan fingerprint density at radius 2 is 1.91 bits per heavy atom. The molecule has 2 aromatic heterocycles. The second-order valence-corrected chi connectivity index (χ2v) is 9.11. The van der Waals surface area contributed by atoms with Crippen LogP contribution in [-0.2, 0) is 17.8 Å². The van der Waals surface area contributed by atoms with Gasteiger partial charge in [0.1, 0.15) is 17.4 Å². The van der Waals surface area contributed by atoms with Crippen molar-refractivity contribution < 1.29 is 9.21 Å². The van der Waals surface area contributed by atoms with Crippen LogP contribution in [0.4, 0.5) is 5.82 Å². The first-order valence-electron chi connectivity index (χ1n) is 11.7. The second kappa shape index (κ2) is 10.3. The van der Waals surface area contributed by atoms with Crippen LogP contribution in [0, 0.1) is 0 Å². The van der Waals surface area contributed by atoms with E-state index in [9.17, 15) is 4.79 Å². The van der Waals surface area contributed by atoms with Gasteiger partial charge >= 0.3 is 0 Å². The van der Waals surface area contributed by atoms with Crippen LogP contribution in [0.25, 0.3) is 10.9 Å². The van der Waals surface area contributed by atoms with Gasteiger partial charge in [0.15, 0.2) is 0 Å². The van der Waals surface area contributed by atoms with Crippen molar-refractivity contribution in [1.29, 1.82) is 0 Å². The maximum absolute atomic E-state index is 12.6. The van der Waals surface area contributed by atoms with Crippen molar-refractivity contribution in [1.82, 2.24) is 15.3 Å². The summed E-state index contributed by atoms with van der Waals surface area (Å²) in [4.78, 5) is 24.6. The van der Waals surface area contributed by atoms with Gasteiger partial charge in [-0.2, -0.15) is 0 Å². The fourth-order valence-electron chi connectivity index (χ4n) is 4.02. The highest BCUT2D eigenvalue weighted by molar-refractivity contribution is 6.31. The number of halogens is 1. The van der Waals surface area contributed by atoms with E-state index in [2.05, 4.69) is 34.5 Å². The molecule has 1 aliphatic rings. The summed E-state index contributed by atoms with van der Waals surface area (Å²) in [6.07, 6.45) is 5.05. The van der Waals surface area contributed by atoms with Crippen molar-refractivity contribution >= 4 is 34.2 Å². The summed E-state index contributed by atoms with van der Waals surface area (Å²) in [6, 6.07) is 19.8. The molecule has 0 unspecified atom stereocenters. The first-order chi connectivity index (χ1) is 16.7. The zero-order valence-corrected chi connectivity index (χ0v) is 19.7. The molecule has 4 aromatic rings. The number of anilines is 1. The van der Waals surface area contributed by atoms with Gasteiger partial charge in [0, 0.05) is 35.8 Å². The molecule has 34 heavy (non-hydrogen) atoms. The molecule has 7 heteroatoms. The second-order valence-electron chi connectivity index (χ2n) is 8.67. The number of fused-ring (bicyclic) bond motifs is 1. The number of furan rings is 1.